The smallest absolute Gasteiger partial charge is 0.0721 e. The molecule has 2 heteroatoms. The second-order valence-electron chi connectivity index (χ2n) is 5.77. The zero-order valence-electron chi connectivity index (χ0n) is 14.1. The highest BCUT2D eigenvalue weighted by molar-refractivity contribution is 5.84. The van der Waals surface area contributed by atoms with Crippen molar-refractivity contribution in [1.82, 2.24) is 9.97 Å². The number of hydrogen-bond donors (Lipinski definition) is 0. The minimum atomic E-state index is 0.895. The van der Waals surface area contributed by atoms with Crippen molar-refractivity contribution in [2.24, 2.45) is 0 Å². The van der Waals surface area contributed by atoms with Crippen molar-refractivity contribution >= 4 is 0 Å². The van der Waals surface area contributed by atoms with E-state index in [0.717, 1.165) is 33.6 Å². The second kappa shape index (κ2) is 7.46. The Morgan fingerprint density at radius 1 is 0.538 bits per heavy atom. The molecule has 0 spiro atoms. The molecule has 0 aliphatic carbocycles. The van der Waals surface area contributed by atoms with Crippen LogP contribution < -0.4 is 0 Å². The Morgan fingerprint density at radius 2 is 1.23 bits per heavy atom. The van der Waals surface area contributed by atoms with Crippen molar-refractivity contribution in [2.75, 3.05) is 0 Å². The molecule has 0 bridgehead atoms. The van der Waals surface area contributed by atoms with Crippen molar-refractivity contribution in [3.63, 3.8) is 0 Å². The third kappa shape index (κ3) is 3.38. The zero-order valence-corrected chi connectivity index (χ0v) is 14.1. The maximum Gasteiger partial charge on any atom is 0.0721 e. The summed E-state index contributed by atoms with van der Waals surface area (Å²) >= 11 is 0. The van der Waals surface area contributed by atoms with Crippen LogP contribution in [0.3, 0.4) is 0 Å². The molecule has 0 aliphatic rings. The van der Waals surface area contributed by atoms with Crippen LogP contribution in [0.25, 0.3) is 22.5 Å². The number of benzene rings is 2. The summed E-state index contributed by atoms with van der Waals surface area (Å²) in [6.45, 7) is 0. The van der Waals surface area contributed by atoms with Gasteiger partial charge in [0.05, 0.1) is 11.4 Å². The Kier molecular flexibility index (Phi) is 4.54. The summed E-state index contributed by atoms with van der Waals surface area (Å²) in [5.41, 5.74) is 5.78. The number of hydrogen-bond acceptors (Lipinski definition) is 2. The normalized spacial score (nSPS) is 10.0. The van der Waals surface area contributed by atoms with Crippen LogP contribution in [0.5, 0.6) is 0 Å². The first-order chi connectivity index (χ1) is 12.9. The van der Waals surface area contributed by atoms with Gasteiger partial charge in [0.15, 0.2) is 0 Å². The highest BCUT2D eigenvalue weighted by atomic mass is 14.7. The van der Waals surface area contributed by atoms with E-state index in [4.69, 9.17) is 0 Å². The van der Waals surface area contributed by atoms with E-state index in [-0.39, 0.29) is 0 Å². The third-order valence-electron chi connectivity index (χ3n) is 4.04. The Hall–Kier alpha value is -3.70. The lowest BCUT2D eigenvalue weighted by molar-refractivity contribution is 1.30. The summed E-state index contributed by atoms with van der Waals surface area (Å²) in [4.78, 5) is 9.07. The number of nitrogens with zero attached hydrogens (tertiary/aromatic N) is 2. The van der Waals surface area contributed by atoms with Gasteiger partial charge < -0.3 is 0 Å². The van der Waals surface area contributed by atoms with Crippen LogP contribution in [0, 0.1) is 11.8 Å². The maximum atomic E-state index is 4.56. The van der Waals surface area contributed by atoms with Gasteiger partial charge in [-0.05, 0) is 42.5 Å². The van der Waals surface area contributed by atoms with E-state index in [2.05, 4.69) is 27.9 Å². The molecule has 0 fully saturated rings. The van der Waals surface area contributed by atoms with Gasteiger partial charge in [-0.2, -0.15) is 0 Å². The highest BCUT2D eigenvalue weighted by Gasteiger charge is 2.13. The van der Waals surface area contributed by atoms with Gasteiger partial charge >= 0.3 is 0 Å². The van der Waals surface area contributed by atoms with Gasteiger partial charge in [0, 0.05) is 34.6 Å². The quantitative estimate of drug-likeness (QED) is 0.471. The molecule has 2 nitrogen and oxygen atoms in total. The van der Waals surface area contributed by atoms with E-state index < -0.39 is 0 Å². The molecule has 2 aromatic carbocycles. The van der Waals surface area contributed by atoms with E-state index in [0.29, 0.717) is 0 Å². The Bertz CT molecular complexity index is 1060. The Balaban J connectivity index is 1.91. The average Bonchev–Trinajstić information content (AvgIpc) is 2.74. The fourth-order valence-corrected chi connectivity index (χ4v) is 2.84. The van der Waals surface area contributed by atoms with Crippen molar-refractivity contribution < 1.29 is 0 Å². The fraction of sp³-hybridized carbons (Fsp3) is 0. The van der Waals surface area contributed by atoms with Crippen LogP contribution in [-0.2, 0) is 0 Å². The van der Waals surface area contributed by atoms with Crippen molar-refractivity contribution in [1.29, 1.82) is 0 Å². The van der Waals surface area contributed by atoms with Crippen LogP contribution in [0.15, 0.2) is 97.3 Å². The summed E-state index contributed by atoms with van der Waals surface area (Å²) in [6.07, 6.45) is 3.61. The SMILES string of the molecule is C(#Cc1cccc(-c2ccccn2)c1-c1ccccn1)c1ccccc1. The van der Waals surface area contributed by atoms with E-state index in [1.54, 1.807) is 12.4 Å². The molecule has 0 radical (unpaired) electrons. The van der Waals surface area contributed by atoms with Crippen LogP contribution in [0.1, 0.15) is 11.1 Å². The van der Waals surface area contributed by atoms with E-state index in [1.807, 2.05) is 78.9 Å². The van der Waals surface area contributed by atoms with Gasteiger partial charge in [-0.1, -0.05) is 54.3 Å². The van der Waals surface area contributed by atoms with Crippen LogP contribution >= 0.6 is 0 Å². The summed E-state index contributed by atoms with van der Waals surface area (Å²) in [7, 11) is 0. The number of pyridine rings is 2. The Morgan fingerprint density at radius 3 is 1.92 bits per heavy atom. The third-order valence-corrected chi connectivity index (χ3v) is 4.04. The van der Waals surface area contributed by atoms with Gasteiger partial charge in [0.25, 0.3) is 0 Å². The van der Waals surface area contributed by atoms with Crippen molar-refractivity contribution in [3.05, 3.63) is 108 Å². The largest absolute Gasteiger partial charge is 0.256 e. The average molecular weight is 332 g/mol. The van der Waals surface area contributed by atoms with Crippen LogP contribution in [0.2, 0.25) is 0 Å². The molecule has 0 amide bonds. The first-order valence-electron chi connectivity index (χ1n) is 8.45. The van der Waals surface area contributed by atoms with Crippen LogP contribution in [0.4, 0.5) is 0 Å². The molecule has 4 rings (SSSR count). The number of aromatic nitrogens is 2. The lowest BCUT2D eigenvalue weighted by atomic mass is 9.95. The van der Waals surface area contributed by atoms with Crippen LogP contribution in [-0.4, -0.2) is 9.97 Å². The molecular formula is C24H16N2. The number of rotatable bonds is 2. The molecule has 2 heterocycles. The Labute approximate surface area is 153 Å². The molecule has 0 saturated heterocycles. The van der Waals surface area contributed by atoms with E-state index in [1.165, 1.54) is 0 Å². The molecule has 0 unspecified atom stereocenters. The standard InChI is InChI=1S/C24H16N2/c1-2-9-19(10-3-1)15-16-20-11-8-12-21(22-13-4-6-17-25-22)24(20)23-14-5-7-18-26-23/h1-14,17-18H. The molecule has 122 valence electrons. The summed E-state index contributed by atoms with van der Waals surface area (Å²) in [5.74, 6) is 6.57. The molecule has 0 atom stereocenters. The van der Waals surface area contributed by atoms with Gasteiger partial charge in [-0.15, -0.1) is 0 Å². The molecule has 0 saturated carbocycles. The minimum absolute atomic E-state index is 0.895. The molecule has 0 aliphatic heterocycles. The predicted octanol–water partition coefficient (Wildman–Crippen LogP) is 5.21. The second-order valence-corrected chi connectivity index (χ2v) is 5.77. The van der Waals surface area contributed by atoms with Crippen molar-refractivity contribution in [3.8, 4) is 34.4 Å². The zero-order chi connectivity index (χ0) is 17.6. The van der Waals surface area contributed by atoms with E-state index in [9.17, 15) is 0 Å². The van der Waals surface area contributed by atoms with E-state index >= 15 is 0 Å². The molecular weight excluding hydrogens is 316 g/mol. The summed E-state index contributed by atoms with van der Waals surface area (Å²) < 4.78 is 0. The summed E-state index contributed by atoms with van der Waals surface area (Å²) in [6, 6.07) is 28.0. The predicted molar refractivity (Wildman–Crippen MR) is 105 cm³/mol. The van der Waals surface area contributed by atoms with Gasteiger partial charge in [-0.3, -0.25) is 9.97 Å². The van der Waals surface area contributed by atoms with Gasteiger partial charge in [0.1, 0.15) is 0 Å². The monoisotopic (exact) mass is 332 g/mol. The highest BCUT2D eigenvalue weighted by Crippen LogP contribution is 2.32. The topological polar surface area (TPSA) is 25.8 Å². The first-order valence-corrected chi connectivity index (χ1v) is 8.45. The molecule has 2 aromatic heterocycles. The maximum absolute atomic E-state index is 4.56. The molecule has 4 aromatic rings. The van der Waals surface area contributed by atoms with Gasteiger partial charge in [-0.25, -0.2) is 0 Å². The van der Waals surface area contributed by atoms with Gasteiger partial charge in [0.2, 0.25) is 0 Å². The minimum Gasteiger partial charge on any atom is -0.256 e. The lowest BCUT2D eigenvalue weighted by Gasteiger charge is -2.11. The first kappa shape index (κ1) is 15.8. The summed E-state index contributed by atoms with van der Waals surface area (Å²) in [5, 5.41) is 0. The molecule has 26 heavy (non-hydrogen) atoms. The molecule has 0 N–H and O–H groups in total. The lowest BCUT2D eigenvalue weighted by Crippen LogP contribution is -1.93. The fourth-order valence-electron chi connectivity index (χ4n) is 2.84. The van der Waals surface area contributed by atoms with Crippen molar-refractivity contribution in [2.45, 2.75) is 0 Å².